The molecule has 3 aliphatic rings. The van der Waals surface area contributed by atoms with Crippen LogP contribution in [-0.2, 0) is 17.8 Å². The van der Waals surface area contributed by atoms with Gasteiger partial charge in [-0.3, -0.25) is 4.79 Å². The van der Waals surface area contributed by atoms with Crippen molar-refractivity contribution in [2.45, 2.75) is 44.3 Å². The van der Waals surface area contributed by atoms with Gasteiger partial charge in [-0.25, -0.2) is 4.79 Å². The predicted molar refractivity (Wildman–Crippen MR) is 158 cm³/mol. The lowest BCUT2D eigenvalue weighted by Crippen LogP contribution is -2.55. The van der Waals surface area contributed by atoms with E-state index in [4.69, 9.17) is 26.3 Å². The van der Waals surface area contributed by atoms with E-state index in [1.54, 1.807) is 11.9 Å². The number of hydrogen-bond acceptors (Lipinski definition) is 8. The Hall–Kier alpha value is -4.30. The number of amides is 2. The fraction of sp³-hybridized carbons (Fsp3) is 0.433. The molecule has 2 fully saturated rings. The number of anilines is 2. The molecule has 11 nitrogen and oxygen atoms in total. The monoisotopic (exact) mass is 589 g/mol. The maximum atomic E-state index is 12.0. The van der Waals surface area contributed by atoms with Gasteiger partial charge in [-0.05, 0) is 30.4 Å². The maximum absolute atomic E-state index is 12.0. The molecular weight excluding hydrogens is 558 g/mol. The summed E-state index contributed by atoms with van der Waals surface area (Å²) in [6, 6.07) is 13.9. The molecule has 2 aromatic carbocycles. The quantitative estimate of drug-likeness (QED) is 0.455. The first kappa shape index (κ1) is 27.8. The first-order valence-corrected chi connectivity index (χ1v) is 14.5. The van der Waals surface area contributed by atoms with Gasteiger partial charge in [-0.2, -0.15) is 15.2 Å². The van der Waals surface area contributed by atoms with Crippen molar-refractivity contribution in [3.8, 4) is 12.1 Å². The van der Waals surface area contributed by atoms with Crippen molar-refractivity contribution in [2.24, 2.45) is 0 Å². The number of carboxylic acid groups (broad SMARTS) is 1. The fourth-order valence-electron chi connectivity index (χ4n) is 6.27. The van der Waals surface area contributed by atoms with Crippen LogP contribution in [0.5, 0.6) is 6.01 Å². The van der Waals surface area contributed by atoms with Crippen LogP contribution in [0.2, 0.25) is 5.02 Å². The minimum atomic E-state index is -1.02. The third-order valence-electron chi connectivity index (χ3n) is 8.59. The number of piperazine rings is 1. The van der Waals surface area contributed by atoms with Crippen LogP contribution in [0, 0.1) is 11.3 Å². The third kappa shape index (κ3) is 5.23. The first-order valence-electron chi connectivity index (χ1n) is 14.2. The van der Waals surface area contributed by atoms with Gasteiger partial charge in [0.05, 0.1) is 41.8 Å². The molecule has 0 saturated carbocycles. The number of hydrogen-bond donors (Lipinski definition) is 1. The molecule has 0 aliphatic carbocycles. The van der Waals surface area contributed by atoms with Gasteiger partial charge in [0.1, 0.15) is 12.4 Å². The summed E-state index contributed by atoms with van der Waals surface area (Å²) >= 11 is 6.66. The highest BCUT2D eigenvalue weighted by Gasteiger charge is 2.34. The van der Waals surface area contributed by atoms with E-state index in [0.29, 0.717) is 37.5 Å². The van der Waals surface area contributed by atoms with Crippen molar-refractivity contribution in [3.63, 3.8) is 0 Å². The van der Waals surface area contributed by atoms with Gasteiger partial charge in [0.25, 0.3) is 0 Å². The maximum Gasteiger partial charge on any atom is 0.407 e. The van der Waals surface area contributed by atoms with E-state index in [-0.39, 0.29) is 37.5 Å². The highest BCUT2D eigenvalue weighted by atomic mass is 35.5. The van der Waals surface area contributed by atoms with Crippen molar-refractivity contribution < 1.29 is 19.4 Å². The van der Waals surface area contributed by atoms with Crippen LogP contribution in [0.15, 0.2) is 36.4 Å². The molecule has 3 aliphatic heterocycles. The molecule has 0 unspecified atom stereocenters. The van der Waals surface area contributed by atoms with Crippen LogP contribution in [0.1, 0.15) is 30.5 Å². The molecule has 42 heavy (non-hydrogen) atoms. The topological polar surface area (TPSA) is 126 Å². The number of carbonyl (C=O) groups excluding carboxylic acids is 1. The van der Waals surface area contributed by atoms with Crippen molar-refractivity contribution in [2.75, 3.05) is 49.6 Å². The Labute approximate surface area is 248 Å². The zero-order chi connectivity index (χ0) is 29.4. The molecule has 218 valence electrons. The molecule has 1 aromatic heterocycles. The number of benzene rings is 2. The van der Waals surface area contributed by atoms with Gasteiger partial charge in [-0.1, -0.05) is 35.9 Å². The summed E-state index contributed by atoms with van der Waals surface area (Å²) in [6.07, 6.45) is 0.959. The summed E-state index contributed by atoms with van der Waals surface area (Å²) < 4.78 is 6.13. The second-order valence-electron chi connectivity index (χ2n) is 11.0. The molecule has 2 atom stereocenters. The lowest BCUT2D eigenvalue weighted by Gasteiger charge is -2.41. The highest BCUT2D eigenvalue weighted by Crippen LogP contribution is 2.37. The van der Waals surface area contributed by atoms with Crippen LogP contribution < -0.4 is 14.5 Å². The highest BCUT2D eigenvalue weighted by molar-refractivity contribution is 6.36. The number of nitriles is 1. The Balaban J connectivity index is 1.34. The Kier molecular flexibility index (Phi) is 7.64. The molecule has 0 spiro atoms. The van der Waals surface area contributed by atoms with Gasteiger partial charge >= 0.3 is 12.1 Å². The van der Waals surface area contributed by atoms with Crippen molar-refractivity contribution >= 4 is 45.9 Å². The van der Waals surface area contributed by atoms with Crippen LogP contribution in [0.4, 0.5) is 16.3 Å². The van der Waals surface area contributed by atoms with Crippen molar-refractivity contribution in [3.05, 3.63) is 52.7 Å². The van der Waals surface area contributed by atoms with Gasteiger partial charge in [0, 0.05) is 56.3 Å². The molecule has 3 aromatic rings. The van der Waals surface area contributed by atoms with Crippen LogP contribution >= 0.6 is 11.6 Å². The molecule has 4 heterocycles. The lowest BCUT2D eigenvalue weighted by atomic mass is 10.0. The number of carbonyl (C=O) groups is 2. The van der Waals surface area contributed by atoms with Crippen molar-refractivity contribution in [1.82, 2.24) is 19.8 Å². The average Bonchev–Trinajstić information content (AvgIpc) is 3.31. The minimum Gasteiger partial charge on any atom is -0.465 e. The number of likely N-dealkylation sites (N-methyl/N-ethyl adjacent to an activating group) is 1. The van der Waals surface area contributed by atoms with Crippen LogP contribution in [0.3, 0.4) is 0 Å². The van der Waals surface area contributed by atoms with E-state index < -0.39 is 12.1 Å². The second-order valence-corrected chi connectivity index (χ2v) is 11.4. The van der Waals surface area contributed by atoms with Gasteiger partial charge < -0.3 is 29.4 Å². The Morgan fingerprint density at radius 2 is 1.93 bits per heavy atom. The standard InChI is InChI=1S/C30H32ClN7O4/c1-35-21(8-9-26(35)39)18-42-29-33-24-17-36(25-7-3-5-19-4-2-6-23(31)27(19)25)13-11-22(24)28(34-29)37-14-15-38(30(40)41)20(16-37)10-12-32/h2-7,20-21H,8-11,13-18H2,1H3,(H,40,41)/t20-,21-/m0/s1. The summed E-state index contributed by atoms with van der Waals surface area (Å²) in [4.78, 5) is 40.9. The Bertz CT molecular complexity index is 1570. The van der Waals surface area contributed by atoms with Crippen LogP contribution in [0.25, 0.3) is 10.8 Å². The van der Waals surface area contributed by atoms with Gasteiger partial charge in [-0.15, -0.1) is 0 Å². The number of likely N-dealkylation sites (tertiary alicyclic amines) is 1. The lowest BCUT2D eigenvalue weighted by molar-refractivity contribution is -0.127. The van der Waals surface area contributed by atoms with Gasteiger partial charge in [0.2, 0.25) is 5.91 Å². The SMILES string of the molecule is CN1C(=O)CC[C@H]1COc1nc2c(c(N3CCN(C(=O)O)[C@@H](CC#N)C3)n1)CCN(c1cccc3cccc(Cl)c13)C2. The van der Waals surface area contributed by atoms with E-state index in [1.807, 2.05) is 30.3 Å². The molecule has 0 radical (unpaired) electrons. The number of fused-ring (bicyclic) bond motifs is 2. The first-order chi connectivity index (χ1) is 20.3. The Morgan fingerprint density at radius 3 is 2.67 bits per heavy atom. The Morgan fingerprint density at radius 1 is 1.12 bits per heavy atom. The van der Waals surface area contributed by atoms with E-state index in [1.165, 1.54) is 4.90 Å². The number of nitrogens with zero attached hydrogens (tertiary/aromatic N) is 7. The number of aromatic nitrogens is 2. The van der Waals surface area contributed by atoms with E-state index in [0.717, 1.165) is 46.5 Å². The molecule has 2 amide bonds. The zero-order valence-electron chi connectivity index (χ0n) is 23.4. The molecule has 12 heteroatoms. The average molecular weight is 590 g/mol. The summed E-state index contributed by atoms with van der Waals surface area (Å²) in [5.74, 6) is 0.814. The summed E-state index contributed by atoms with van der Waals surface area (Å²) in [7, 11) is 1.78. The smallest absolute Gasteiger partial charge is 0.407 e. The molecule has 2 saturated heterocycles. The molecule has 6 rings (SSSR count). The van der Waals surface area contributed by atoms with E-state index in [2.05, 4.69) is 21.9 Å². The fourth-order valence-corrected chi connectivity index (χ4v) is 6.55. The summed E-state index contributed by atoms with van der Waals surface area (Å²) in [5.41, 5.74) is 2.86. The summed E-state index contributed by atoms with van der Waals surface area (Å²) in [6.45, 7) is 2.59. The number of ether oxygens (including phenoxy) is 1. The van der Waals surface area contributed by atoms with Crippen molar-refractivity contribution in [1.29, 1.82) is 5.26 Å². The van der Waals surface area contributed by atoms with Crippen LogP contribution in [-0.4, -0.2) is 88.8 Å². The van der Waals surface area contributed by atoms with E-state index in [9.17, 15) is 20.0 Å². The van der Waals surface area contributed by atoms with E-state index >= 15 is 0 Å². The molecule has 0 bridgehead atoms. The predicted octanol–water partition coefficient (Wildman–Crippen LogP) is 3.93. The largest absolute Gasteiger partial charge is 0.465 e. The zero-order valence-corrected chi connectivity index (χ0v) is 24.1. The minimum absolute atomic E-state index is 0.0472. The second kappa shape index (κ2) is 11.5. The third-order valence-corrected chi connectivity index (χ3v) is 8.90. The normalized spacial score (nSPS) is 20.5. The van der Waals surface area contributed by atoms with Gasteiger partial charge in [0.15, 0.2) is 0 Å². The number of halogens is 1. The summed E-state index contributed by atoms with van der Waals surface area (Å²) in [5, 5.41) is 21.8. The molecular formula is C30H32ClN7O4. The molecule has 1 N–H and O–H groups in total. The number of rotatable bonds is 6.